The van der Waals surface area contributed by atoms with Gasteiger partial charge in [-0.25, -0.2) is 0 Å². The predicted octanol–water partition coefficient (Wildman–Crippen LogP) is 2.43. The van der Waals surface area contributed by atoms with Crippen LogP contribution in [0.15, 0.2) is 18.2 Å². The highest BCUT2D eigenvalue weighted by molar-refractivity contribution is 5.70. The first-order valence-corrected chi connectivity index (χ1v) is 7.22. The van der Waals surface area contributed by atoms with Gasteiger partial charge in [0.2, 0.25) is 0 Å². The molecule has 2 N–H and O–H groups in total. The first kappa shape index (κ1) is 14.9. The summed E-state index contributed by atoms with van der Waals surface area (Å²) in [7, 11) is 0. The fourth-order valence-corrected chi connectivity index (χ4v) is 2.93. The van der Waals surface area contributed by atoms with Crippen LogP contribution in [-0.4, -0.2) is 40.2 Å². The molecule has 2 unspecified atom stereocenters. The van der Waals surface area contributed by atoms with Gasteiger partial charge in [-0.05, 0) is 51.3 Å². The Labute approximate surface area is 120 Å². The summed E-state index contributed by atoms with van der Waals surface area (Å²) in [5.41, 5.74) is 2.07. The molecule has 110 valence electrons. The third kappa shape index (κ3) is 3.51. The SMILES string of the molecule is Cc1ccc(O)c(CC(C)N2CCCC(C(=O)O)C2)c1. The number of hydrogen-bond donors (Lipinski definition) is 2. The zero-order valence-corrected chi connectivity index (χ0v) is 12.2. The second-order valence-electron chi connectivity index (χ2n) is 5.86. The van der Waals surface area contributed by atoms with Crippen molar-refractivity contribution in [2.75, 3.05) is 13.1 Å². The molecule has 1 saturated heterocycles. The summed E-state index contributed by atoms with van der Waals surface area (Å²) in [6.45, 7) is 5.67. The Morgan fingerprint density at radius 3 is 2.95 bits per heavy atom. The number of piperidine rings is 1. The quantitative estimate of drug-likeness (QED) is 0.887. The smallest absolute Gasteiger partial charge is 0.307 e. The van der Waals surface area contributed by atoms with Crippen LogP contribution in [0, 0.1) is 12.8 Å². The summed E-state index contributed by atoms with van der Waals surface area (Å²) in [6.07, 6.45) is 2.45. The van der Waals surface area contributed by atoms with Crippen LogP contribution < -0.4 is 0 Å². The number of phenolic OH excluding ortho intramolecular Hbond substituents is 1. The van der Waals surface area contributed by atoms with Gasteiger partial charge in [0.1, 0.15) is 5.75 Å². The molecule has 1 heterocycles. The van der Waals surface area contributed by atoms with Gasteiger partial charge >= 0.3 is 5.97 Å². The topological polar surface area (TPSA) is 60.8 Å². The van der Waals surface area contributed by atoms with E-state index in [9.17, 15) is 9.90 Å². The summed E-state index contributed by atoms with van der Waals surface area (Å²) >= 11 is 0. The number of hydrogen-bond acceptors (Lipinski definition) is 3. The van der Waals surface area contributed by atoms with E-state index in [1.807, 2.05) is 19.1 Å². The average Bonchev–Trinajstić information content (AvgIpc) is 2.43. The molecule has 1 aliphatic heterocycles. The fraction of sp³-hybridized carbons (Fsp3) is 0.562. The number of phenols is 1. The van der Waals surface area contributed by atoms with Crippen LogP contribution in [0.5, 0.6) is 5.75 Å². The Morgan fingerprint density at radius 2 is 2.25 bits per heavy atom. The minimum atomic E-state index is -0.694. The minimum absolute atomic E-state index is 0.241. The van der Waals surface area contributed by atoms with Gasteiger partial charge in [0.25, 0.3) is 0 Å². The van der Waals surface area contributed by atoms with Gasteiger partial charge in [-0.15, -0.1) is 0 Å². The van der Waals surface area contributed by atoms with E-state index < -0.39 is 5.97 Å². The normalized spacial score (nSPS) is 21.6. The Morgan fingerprint density at radius 1 is 1.50 bits per heavy atom. The molecular weight excluding hydrogens is 254 g/mol. The van der Waals surface area contributed by atoms with Crippen molar-refractivity contribution < 1.29 is 15.0 Å². The van der Waals surface area contributed by atoms with Gasteiger partial charge in [-0.3, -0.25) is 9.69 Å². The molecule has 0 spiro atoms. The maximum Gasteiger partial charge on any atom is 0.307 e. The van der Waals surface area contributed by atoms with E-state index in [2.05, 4.69) is 11.8 Å². The van der Waals surface area contributed by atoms with Crippen molar-refractivity contribution in [3.05, 3.63) is 29.3 Å². The molecule has 4 nitrogen and oxygen atoms in total. The van der Waals surface area contributed by atoms with Crippen molar-refractivity contribution in [3.63, 3.8) is 0 Å². The molecule has 0 saturated carbocycles. The molecule has 4 heteroatoms. The Hall–Kier alpha value is -1.55. The predicted molar refractivity (Wildman–Crippen MR) is 77.9 cm³/mol. The Kier molecular flexibility index (Phi) is 4.65. The van der Waals surface area contributed by atoms with Crippen LogP contribution in [0.1, 0.15) is 30.9 Å². The number of nitrogens with zero attached hydrogens (tertiary/aromatic N) is 1. The molecule has 1 aliphatic rings. The molecule has 2 atom stereocenters. The first-order chi connectivity index (χ1) is 9.47. The number of rotatable bonds is 4. The molecule has 0 aliphatic carbocycles. The lowest BCUT2D eigenvalue weighted by atomic mass is 9.95. The van der Waals surface area contributed by atoms with Gasteiger partial charge in [0.15, 0.2) is 0 Å². The van der Waals surface area contributed by atoms with Gasteiger partial charge in [-0.1, -0.05) is 17.7 Å². The summed E-state index contributed by atoms with van der Waals surface area (Å²) in [5, 5.41) is 19.1. The van der Waals surface area contributed by atoms with Gasteiger partial charge in [0, 0.05) is 12.6 Å². The van der Waals surface area contributed by atoms with E-state index >= 15 is 0 Å². The number of aliphatic carboxylic acids is 1. The summed E-state index contributed by atoms with van der Waals surface area (Å²) in [6, 6.07) is 5.87. The zero-order chi connectivity index (χ0) is 14.7. The molecular formula is C16H23NO3. The van der Waals surface area contributed by atoms with Gasteiger partial charge < -0.3 is 10.2 Å². The molecule has 0 aromatic heterocycles. The number of benzene rings is 1. The second-order valence-corrected chi connectivity index (χ2v) is 5.86. The lowest BCUT2D eigenvalue weighted by Crippen LogP contribution is -2.44. The van der Waals surface area contributed by atoms with E-state index in [1.54, 1.807) is 6.07 Å². The highest BCUT2D eigenvalue weighted by Gasteiger charge is 2.28. The molecule has 20 heavy (non-hydrogen) atoms. The van der Waals surface area contributed by atoms with Crippen molar-refractivity contribution in [2.24, 2.45) is 5.92 Å². The summed E-state index contributed by atoms with van der Waals surface area (Å²) in [4.78, 5) is 13.3. The monoisotopic (exact) mass is 277 g/mol. The van der Waals surface area contributed by atoms with Crippen LogP contribution in [0.3, 0.4) is 0 Å². The van der Waals surface area contributed by atoms with Crippen molar-refractivity contribution in [1.29, 1.82) is 0 Å². The van der Waals surface area contributed by atoms with Crippen LogP contribution in [0.2, 0.25) is 0 Å². The van der Waals surface area contributed by atoms with Crippen molar-refractivity contribution in [1.82, 2.24) is 4.90 Å². The van der Waals surface area contributed by atoms with Crippen LogP contribution in [0.4, 0.5) is 0 Å². The highest BCUT2D eigenvalue weighted by Crippen LogP contribution is 2.24. The average molecular weight is 277 g/mol. The minimum Gasteiger partial charge on any atom is -0.508 e. The summed E-state index contributed by atoms with van der Waals surface area (Å²) < 4.78 is 0. The lowest BCUT2D eigenvalue weighted by Gasteiger charge is -2.35. The summed E-state index contributed by atoms with van der Waals surface area (Å²) in [5.74, 6) is -0.619. The molecule has 1 aromatic rings. The van der Waals surface area contributed by atoms with E-state index in [0.717, 1.165) is 36.9 Å². The molecule has 0 radical (unpaired) electrons. The number of carboxylic acid groups (broad SMARTS) is 1. The Balaban J connectivity index is 2.02. The molecule has 1 aromatic carbocycles. The third-order valence-corrected chi connectivity index (χ3v) is 4.18. The van der Waals surface area contributed by atoms with Crippen LogP contribution in [0.25, 0.3) is 0 Å². The van der Waals surface area contributed by atoms with Crippen molar-refractivity contribution >= 4 is 5.97 Å². The fourth-order valence-electron chi connectivity index (χ4n) is 2.93. The van der Waals surface area contributed by atoms with E-state index in [1.165, 1.54) is 0 Å². The van der Waals surface area contributed by atoms with Crippen LogP contribution >= 0.6 is 0 Å². The van der Waals surface area contributed by atoms with Gasteiger partial charge in [0.05, 0.1) is 5.92 Å². The number of carboxylic acids is 1. The lowest BCUT2D eigenvalue weighted by molar-refractivity contribution is -0.143. The molecule has 0 amide bonds. The largest absolute Gasteiger partial charge is 0.508 e. The second kappa shape index (κ2) is 6.27. The number of carbonyl (C=O) groups is 1. The van der Waals surface area contributed by atoms with Crippen molar-refractivity contribution in [3.8, 4) is 5.75 Å². The number of likely N-dealkylation sites (tertiary alicyclic amines) is 1. The van der Waals surface area contributed by atoms with E-state index in [-0.39, 0.29) is 12.0 Å². The maximum absolute atomic E-state index is 11.1. The molecule has 2 rings (SSSR count). The van der Waals surface area contributed by atoms with E-state index in [4.69, 9.17) is 5.11 Å². The maximum atomic E-state index is 11.1. The molecule has 0 bridgehead atoms. The third-order valence-electron chi connectivity index (χ3n) is 4.18. The number of aromatic hydroxyl groups is 1. The standard InChI is InChI=1S/C16H23NO3/c1-11-5-6-15(18)14(8-11)9-12(2)17-7-3-4-13(10-17)16(19)20/h5-6,8,12-13,18H,3-4,7,9-10H2,1-2H3,(H,19,20). The van der Waals surface area contributed by atoms with Crippen LogP contribution in [-0.2, 0) is 11.2 Å². The highest BCUT2D eigenvalue weighted by atomic mass is 16.4. The number of aryl methyl sites for hydroxylation is 1. The Bertz CT molecular complexity index is 487. The van der Waals surface area contributed by atoms with E-state index in [0.29, 0.717) is 12.3 Å². The zero-order valence-electron chi connectivity index (χ0n) is 12.2. The van der Waals surface area contributed by atoms with Crippen molar-refractivity contribution in [2.45, 2.75) is 39.2 Å². The molecule has 1 fully saturated rings. The van der Waals surface area contributed by atoms with Gasteiger partial charge in [-0.2, -0.15) is 0 Å². The first-order valence-electron chi connectivity index (χ1n) is 7.22.